The lowest BCUT2D eigenvalue weighted by Gasteiger charge is -2.36. The van der Waals surface area contributed by atoms with Crippen LogP contribution in [0.25, 0.3) is 0 Å². The lowest BCUT2D eigenvalue weighted by Crippen LogP contribution is -2.61. The molecule has 1 aliphatic heterocycles. The number of cyclic esters (lactones) is 1. The molecule has 0 radical (unpaired) electrons. The fourth-order valence-corrected chi connectivity index (χ4v) is 2.35. The van der Waals surface area contributed by atoms with Crippen molar-refractivity contribution < 1.29 is 41.0 Å². The van der Waals surface area contributed by atoms with E-state index in [0.29, 0.717) is 12.8 Å². The average molecular weight is 308 g/mol. The van der Waals surface area contributed by atoms with Gasteiger partial charge in [-0.15, -0.1) is 0 Å². The molecular formula is C11H14F6O3. The number of esters is 1. The molecule has 0 amide bonds. The van der Waals surface area contributed by atoms with Crippen LogP contribution in [-0.2, 0) is 9.53 Å². The number of hydrogen-bond donors (Lipinski definition) is 1. The molecule has 9 heteroatoms. The largest absolute Gasteiger partial charge is 0.437 e. The molecule has 0 aromatic carbocycles. The fraction of sp³-hybridized carbons (Fsp3) is 0.909. The van der Waals surface area contributed by atoms with Gasteiger partial charge in [0.05, 0.1) is 5.92 Å². The smallest absolute Gasteiger partial charge is 0.437 e. The molecule has 1 rings (SSSR count). The molecule has 118 valence electrons. The Kier molecular flexibility index (Phi) is 4.62. The number of rotatable bonds is 4. The first-order valence-electron chi connectivity index (χ1n) is 6.03. The Labute approximate surface area is 110 Å². The molecule has 20 heavy (non-hydrogen) atoms. The number of unbranched alkanes of at least 4 members (excludes halogenated alkanes) is 2. The summed E-state index contributed by atoms with van der Waals surface area (Å²) in [5, 5.41) is 9.34. The highest BCUT2D eigenvalue weighted by Crippen LogP contribution is 2.55. The molecule has 1 aliphatic rings. The molecule has 0 aliphatic carbocycles. The first-order chi connectivity index (χ1) is 8.99. The van der Waals surface area contributed by atoms with Crippen molar-refractivity contribution in [1.82, 2.24) is 0 Å². The van der Waals surface area contributed by atoms with Crippen LogP contribution >= 0.6 is 0 Å². The predicted octanol–water partition coefficient (Wildman–Crippen LogP) is 2.96. The maximum Gasteiger partial charge on any atom is 0.437 e. The monoisotopic (exact) mass is 308 g/mol. The van der Waals surface area contributed by atoms with Crippen LogP contribution in [0.15, 0.2) is 0 Å². The summed E-state index contributed by atoms with van der Waals surface area (Å²) < 4.78 is 81.1. The van der Waals surface area contributed by atoms with E-state index in [9.17, 15) is 36.2 Å². The van der Waals surface area contributed by atoms with Crippen LogP contribution in [0.3, 0.4) is 0 Å². The number of aliphatic hydroxyl groups is 1. The van der Waals surface area contributed by atoms with Crippen molar-refractivity contribution >= 4 is 5.97 Å². The first kappa shape index (κ1) is 17.1. The van der Waals surface area contributed by atoms with Gasteiger partial charge in [-0.3, -0.25) is 0 Å². The van der Waals surface area contributed by atoms with E-state index in [4.69, 9.17) is 0 Å². The van der Waals surface area contributed by atoms with Crippen molar-refractivity contribution in [3.8, 4) is 0 Å². The van der Waals surface area contributed by atoms with E-state index in [1.165, 1.54) is 0 Å². The van der Waals surface area contributed by atoms with Crippen LogP contribution in [0.2, 0.25) is 0 Å². The van der Waals surface area contributed by atoms with Crippen molar-refractivity contribution in [2.45, 2.75) is 56.7 Å². The number of carbonyl (C=O) groups excluding carboxylic acids is 1. The molecule has 2 atom stereocenters. The maximum absolute atomic E-state index is 12.9. The molecule has 3 nitrogen and oxygen atoms in total. The molecule has 1 fully saturated rings. The van der Waals surface area contributed by atoms with E-state index in [1.807, 2.05) is 0 Å². The zero-order chi connectivity index (χ0) is 15.8. The standard InChI is InChI=1S/C11H14F6O3/c1-2-3-4-5-6-7(18)8(19)20-9(6,10(12,13)14)11(15,16)17/h6-7,18H,2-5H2,1H3/t6-,7-/m1/s1. The summed E-state index contributed by atoms with van der Waals surface area (Å²) in [6.45, 7) is 1.72. The minimum Gasteiger partial charge on any atom is -0.437 e. The Hall–Kier alpha value is -0.990. The number of alkyl halides is 6. The van der Waals surface area contributed by atoms with E-state index >= 15 is 0 Å². The molecule has 1 saturated heterocycles. The van der Waals surface area contributed by atoms with E-state index in [2.05, 4.69) is 4.74 Å². The molecule has 0 aromatic heterocycles. The van der Waals surface area contributed by atoms with Crippen molar-refractivity contribution in [2.24, 2.45) is 5.92 Å². The van der Waals surface area contributed by atoms with Gasteiger partial charge in [0.2, 0.25) is 0 Å². The van der Waals surface area contributed by atoms with Crippen LogP contribution in [0.1, 0.15) is 32.6 Å². The minimum atomic E-state index is -5.84. The van der Waals surface area contributed by atoms with Crippen LogP contribution in [0.5, 0.6) is 0 Å². The number of halogens is 6. The Morgan fingerprint density at radius 1 is 1.15 bits per heavy atom. The summed E-state index contributed by atoms with van der Waals surface area (Å²) in [5.74, 6) is -4.26. The van der Waals surface area contributed by atoms with Gasteiger partial charge in [0.1, 0.15) is 0 Å². The number of aliphatic hydroxyl groups excluding tert-OH is 1. The number of ether oxygens (including phenoxy) is 1. The van der Waals surface area contributed by atoms with Gasteiger partial charge in [0, 0.05) is 0 Å². The SMILES string of the molecule is CCCCC[C@@H]1[C@@H](O)C(=O)OC1(C(F)(F)F)C(F)(F)F. The third kappa shape index (κ3) is 2.59. The second-order valence-corrected chi connectivity index (χ2v) is 4.70. The van der Waals surface area contributed by atoms with E-state index in [0.717, 1.165) is 0 Å². The molecule has 0 saturated carbocycles. The van der Waals surface area contributed by atoms with E-state index in [1.54, 1.807) is 6.92 Å². The van der Waals surface area contributed by atoms with Crippen LogP contribution in [0, 0.1) is 5.92 Å². The van der Waals surface area contributed by atoms with Crippen LogP contribution < -0.4 is 0 Å². The lowest BCUT2D eigenvalue weighted by molar-refractivity contribution is -0.375. The minimum absolute atomic E-state index is 0.0305. The third-order valence-corrected chi connectivity index (χ3v) is 3.37. The summed E-state index contributed by atoms with van der Waals surface area (Å²) in [4.78, 5) is 11.1. The van der Waals surface area contributed by atoms with Crippen molar-refractivity contribution in [1.29, 1.82) is 0 Å². The van der Waals surface area contributed by atoms with Gasteiger partial charge in [-0.1, -0.05) is 26.2 Å². The summed E-state index contributed by atoms with van der Waals surface area (Å²) >= 11 is 0. The van der Waals surface area contributed by atoms with Gasteiger partial charge in [-0.05, 0) is 6.42 Å². The summed E-state index contributed by atoms with van der Waals surface area (Å²) in [7, 11) is 0. The van der Waals surface area contributed by atoms with E-state index < -0.39 is 42.4 Å². The fourth-order valence-electron chi connectivity index (χ4n) is 2.35. The zero-order valence-corrected chi connectivity index (χ0v) is 10.5. The molecule has 1 N–H and O–H groups in total. The molecule has 1 heterocycles. The van der Waals surface area contributed by atoms with Crippen molar-refractivity contribution in [3.05, 3.63) is 0 Å². The summed E-state index contributed by atoms with van der Waals surface area (Å²) in [5.41, 5.74) is -4.62. The Balaban J connectivity index is 3.21. The Bertz CT molecular complexity index is 348. The van der Waals surface area contributed by atoms with Gasteiger partial charge in [-0.2, -0.15) is 26.3 Å². The van der Waals surface area contributed by atoms with E-state index in [-0.39, 0.29) is 6.42 Å². The van der Waals surface area contributed by atoms with Gasteiger partial charge < -0.3 is 9.84 Å². The van der Waals surface area contributed by atoms with Crippen molar-refractivity contribution in [2.75, 3.05) is 0 Å². The highest BCUT2D eigenvalue weighted by atomic mass is 19.4. The second-order valence-electron chi connectivity index (χ2n) is 4.70. The average Bonchev–Trinajstić information content (AvgIpc) is 2.53. The Morgan fingerprint density at radius 2 is 1.65 bits per heavy atom. The molecular weight excluding hydrogens is 294 g/mol. The molecule has 0 aromatic rings. The van der Waals surface area contributed by atoms with Crippen molar-refractivity contribution in [3.63, 3.8) is 0 Å². The Morgan fingerprint density at radius 3 is 2.05 bits per heavy atom. The van der Waals surface area contributed by atoms with Gasteiger partial charge in [0.25, 0.3) is 0 Å². The number of carbonyl (C=O) groups is 1. The van der Waals surface area contributed by atoms with Gasteiger partial charge in [-0.25, -0.2) is 4.79 Å². The predicted molar refractivity (Wildman–Crippen MR) is 54.6 cm³/mol. The second kappa shape index (κ2) is 5.42. The summed E-state index contributed by atoms with van der Waals surface area (Å²) in [6, 6.07) is 0. The summed E-state index contributed by atoms with van der Waals surface area (Å²) in [6.07, 6.45) is -13.7. The molecule has 0 bridgehead atoms. The first-order valence-corrected chi connectivity index (χ1v) is 6.03. The third-order valence-electron chi connectivity index (χ3n) is 3.37. The lowest BCUT2D eigenvalue weighted by atomic mass is 9.80. The molecule has 0 unspecified atom stereocenters. The van der Waals surface area contributed by atoms with Gasteiger partial charge >= 0.3 is 23.9 Å². The van der Waals surface area contributed by atoms with Crippen LogP contribution in [-0.4, -0.2) is 35.1 Å². The topological polar surface area (TPSA) is 46.5 Å². The zero-order valence-electron chi connectivity index (χ0n) is 10.5. The molecule has 0 spiro atoms. The van der Waals surface area contributed by atoms with Crippen LogP contribution in [0.4, 0.5) is 26.3 Å². The number of hydrogen-bond acceptors (Lipinski definition) is 3. The van der Waals surface area contributed by atoms with Gasteiger partial charge in [0.15, 0.2) is 6.10 Å². The quantitative estimate of drug-likeness (QED) is 0.493. The maximum atomic E-state index is 12.9. The normalized spacial score (nSPS) is 26.7. The highest BCUT2D eigenvalue weighted by molar-refractivity contribution is 5.78. The highest BCUT2D eigenvalue weighted by Gasteiger charge is 2.81.